The monoisotopic (exact) mass is 154 g/mol. The molecule has 1 aliphatic rings. The molecule has 0 bridgehead atoms. The summed E-state index contributed by atoms with van der Waals surface area (Å²) in [4.78, 5) is 0. The first-order valence-corrected chi connectivity index (χ1v) is 3.27. The van der Waals surface area contributed by atoms with E-state index in [0.717, 1.165) is 11.8 Å². The van der Waals surface area contributed by atoms with Crippen LogP contribution in [-0.2, 0) is 0 Å². The van der Waals surface area contributed by atoms with Gasteiger partial charge in [-0.3, -0.25) is 0 Å². The standard InChI is InChI=1S/C8H7ClO/c9-8(5-6-10)7-3-1-2-4-7/h1-6,10H/b6-5+. The van der Waals surface area contributed by atoms with Crippen LogP contribution in [0.15, 0.2) is 47.2 Å². The summed E-state index contributed by atoms with van der Waals surface area (Å²) < 4.78 is 0. The first-order valence-electron chi connectivity index (χ1n) is 2.90. The van der Waals surface area contributed by atoms with E-state index in [-0.39, 0.29) is 0 Å². The SMILES string of the molecule is O/C=C/C(Cl)=C1C=CC=C1. The van der Waals surface area contributed by atoms with Crippen molar-refractivity contribution in [2.45, 2.75) is 0 Å². The number of allylic oxidation sites excluding steroid dienone is 7. The van der Waals surface area contributed by atoms with Gasteiger partial charge in [0.2, 0.25) is 0 Å². The van der Waals surface area contributed by atoms with Gasteiger partial charge in [0, 0.05) is 0 Å². The molecular weight excluding hydrogens is 148 g/mol. The largest absolute Gasteiger partial charge is 0.516 e. The topological polar surface area (TPSA) is 20.2 Å². The van der Waals surface area contributed by atoms with Gasteiger partial charge in [-0.05, 0) is 11.6 Å². The van der Waals surface area contributed by atoms with Crippen molar-refractivity contribution in [3.63, 3.8) is 0 Å². The Morgan fingerprint density at radius 1 is 1.40 bits per heavy atom. The summed E-state index contributed by atoms with van der Waals surface area (Å²) in [6.07, 6.45) is 9.91. The highest BCUT2D eigenvalue weighted by atomic mass is 35.5. The lowest BCUT2D eigenvalue weighted by atomic mass is 10.3. The number of halogens is 1. The molecule has 0 atom stereocenters. The Morgan fingerprint density at radius 3 is 2.50 bits per heavy atom. The minimum Gasteiger partial charge on any atom is -0.516 e. The summed E-state index contributed by atoms with van der Waals surface area (Å²) in [7, 11) is 0. The maximum Gasteiger partial charge on any atom is 0.0806 e. The highest BCUT2D eigenvalue weighted by Gasteiger charge is 1.96. The third-order valence-electron chi connectivity index (χ3n) is 1.16. The number of aliphatic hydroxyl groups excluding tert-OH is 1. The molecule has 0 aromatic carbocycles. The van der Waals surface area contributed by atoms with Crippen LogP contribution in [-0.4, -0.2) is 5.11 Å². The number of rotatable bonds is 1. The Hall–Kier alpha value is -0.950. The highest BCUT2D eigenvalue weighted by Crippen LogP contribution is 2.17. The number of aliphatic hydroxyl groups is 1. The molecule has 1 rings (SSSR count). The number of hydrogen-bond donors (Lipinski definition) is 1. The van der Waals surface area contributed by atoms with Gasteiger partial charge >= 0.3 is 0 Å². The first-order chi connectivity index (χ1) is 4.84. The maximum absolute atomic E-state index is 8.35. The molecule has 0 amide bonds. The Bertz CT molecular complexity index is 220. The van der Waals surface area contributed by atoms with Crippen LogP contribution in [0, 0.1) is 0 Å². The van der Waals surface area contributed by atoms with Crippen LogP contribution in [0.5, 0.6) is 0 Å². The molecule has 10 heavy (non-hydrogen) atoms. The van der Waals surface area contributed by atoms with Gasteiger partial charge in [-0.1, -0.05) is 35.9 Å². The Morgan fingerprint density at radius 2 is 2.00 bits per heavy atom. The third-order valence-corrected chi connectivity index (χ3v) is 1.50. The van der Waals surface area contributed by atoms with Gasteiger partial charge in [-0.15, -0.1) is 0 Å². The van der Waals surface area contributed by atoms with Crippen molar-refractivity contribution in [3.8, 4) is 0 Å². The molecule has 0 radical (unpaired) electrons. The van der Waals surface area contributed by atoms with Gasteiger partial charge in [0.05, 0.1) is 11.3 Å². The molecule has 1 aliphatic carbocycles. The van der Waals surface area contributed by atoms with E-state index in [1.807, 2.05) is 24.3 Å². The zero-order valence-electron chi connectivity index (χ0n) is 5.29. The van der Waals surface area contributed by atoms with Crippen molar-refractivity contribution in [1.82, 2.24) is 0 Å². The van der Waals surface area contributed by atoms with Gasteiger partial charge in [0.15, 0.2) is 0 Å². The second-order valence-corrected chi connectivity index (χ2v) is 2.24. The molecule has 1 N–H and O–H groups in total. The van der Waals surface area contributed by atoms with E-state index >= 15 is 0 Å². The van der Waals surface area contributed by atoms with E-state index in [2.05, 4.69) is 0 Å². The average Bonchev–Trinajstić information content (AvgIpc) is 2.38. The predicted molar refractivity (Wildman–Crippen MR) is 42.9 cm³/mol. The van der Waals surface area contributed by atoms with Crippen molar-refractivity contribution in [3.05, 3.63) is 47.2 Å². The van der Waals surface area contributed by atoms with Crippen molar-refractivity contribution < 1.29 is 5.11 Å². The van der Waals surface area contributed by atoms with Crippen LogP contribution in [0.2, 0.25) is 0 Å². The van der Waals surface area contributed by atoms with E-state index in [9.17, 15) is 0 Å². The third kappa shape index (κ3) is 1.52. The molecule has 0 aliphatic heterocycles. The molecule has 0 saturated carbocycles. The minimum absolute atomic E-state index is 0.549. The van der Waals surface area contributed by atoms with Crippen molar-refractivity contribution in [1.29, 1.82) is 0 Å². The molecule has 52 valence electrons. The van der Waals surface area contributed by atoms with Crippen LogP contribution in [0.4, 0.5) is 0 Å². The van der Waals surface area contributed by atoms with Gasteiger partial charge in [0.1, 0.15) is 0 Å². The molecule has 0 aromatic heterocycles. The van der Waals surface area contributed by atoms with Crippen LogP contribution in [0.25, 0.3) is 0 Å². The summed E-state index contributed by atoms with van der Waals surface area (Å²) >= 11 is 5.72. The molecule has 0 spiro atoms. The lowest BCUT2D eigenvalue weighted by Crippen LogP contribution is -1.70. The summed E-state index contributed by atoms with van der Waals surface area (Å²) in [5.41, 5.74) is 0.923. The predicted octanol–water partition coefficient (Wildman–Crippen LogP) is 2.68. The average molecular weight is 155 g/mol. The zero-order valence-corrected chi connectivity index (χ0v) is 6.05. The van der Waals surface area contributed by atoms with Crippen LogP contribution >= 0.6 is 11.6 Å². The quantitative estimate of drug-likeness (QED) is 0.576. The van der Waals surface area contributed by atoms with Gasteiger partial charge < -0.3 is 5.11 Å². The summed E-state index contributed by atoms with van der Waals surface area (Å²) in [6, 6.07) is 0. The van der Waals surface area contributed by atoms with Crippen molar-refractivity contribution in [2.24, 2.45) is 0 Å². The molecule has 2 heteroatoms. The van der Waals surface area contributed by atoms with Gasteiger partial charge in [-0.2, -0.15) is 0 Å². The van der Waals surface area contributed by atoms with Crippen LogP contribution < -0.4 is 0 Å². The van der Waals surface area contributed by atoms with E-state index in [1.165, 1.54) is 6.08 Å². The van der Waals surface area contributed by atoms with E-state index in [4.69, 9.17) is 16.7 Å². The second-order valence-electron chi connectivity index (χ2n) is 1.84. The smallest absolute Gasteiger partial charge is 0.0806 e. The fourth-order valence-corrected chi connectivity index (χ4v) is 0.877. The molecule has 0 fully saturated rings. The van der Waals surface area contributed by atoms with E-state index in [1.54, 1.807) is 0 Å². The Labute approximate surface area is 64.6 Å². The normalized spacial score (nSPS) is 15.5. The maximum atomic E-state index is 8.35. The van der Waals surface area contributed by atoms with Crippen LogP contribution in [0.1, 0.15) is 0 Å². The Kier molecular flexibility index (Phi) is 2.35. The van der Waals surface area contributed by atoms with E-state index < -0.39 is 0 Å². The fourth-order valence-electron chi connectivity index (χ4n) is 0.695. The zero-order chi connectivity index (χ0) is 7.40. The molecule has 0 unspecified atom stereocenters. The molecule has 0 aromatic rings. The molecular formula is C8H7ClO. The molecule has 0 saturated heterocycles. The van der Waals surface area contributed by atoms with Gasteiger partial charge in [-0.25, -0.2) is 0 Å². The lowest BCUT2D eigenvalue weighted by Gasteiger charge is -1.90. The summed E-state index contributed by atoms with van der Waals surface area (Å²) in [5, 5.41) is 8.90. The van der Waals surface area contributed by atoms with Crippen molar-refractivity contribution >= 4 is 11.6 Å². The first kappa shape index (κ1) is 7.16. The molecule has 0 heterocycles. The Balaban J connectivity index is 2.85. The highest BCUT2D eigenvalue weighted by molar-refractivity contribution is 6.32. The van der Waals surface area contributed by atoms with Gasteiger partial charge in [0.25, 0.3) is 0 Å². The summed E-state index contributed by atoms with van der Waals surface area (Å²) in [6.45, 7) is 0. The van der Waals surface area contributed by atoms with Crippen molar-refractivity contribution in [2.75, 3.05) is 0 Å². The second kappa shape index (κ2) is 3.28. The lowest BCUT2D eigenvalue weighted by molar-refractivity contribution is 0.473. The molecule has 1 nitrogen and oxygen atoms in total. The van der Waals surface area contributed by atoms with Crippen LogP contribution in [0.3, 0.4) is 0 Å². The fraction of sp³-hybridized carbons (Fsp3) is 0. The minimum atomic E-state index is 0.549. The van der Waals surface area contributed by atoms with E-state index in [0.29, 0.717) is 5.03 Å². The number of hydrogen-bond acceptors (Lipinski definition) is 1. The summed E-state index contributed by atoms with van der Waals surface area (Å²) in [5.74, 6) is 0.